The molecule has 0 aromatic rings. The zero-order chi connectivity index (χ0) is 13.5. The Morgan fingerprint density at radius 2 is 2.05 bits per heavy atom. The van der Waals surface area contributed by atoms with Crippen LogP contribution in [0.4, 0.5) is 4.39 Å². The van der Waals surface area contributed by atoms with Crippen molar-refractivity contribution >= 4 is 0 Å². The second kappa shape index (κ2) is 7.84. The molecule has 2 aliphatic rings. The van der Waals surface area contributed by atoms with Crippen molar-refractivity contribution in [2.45, 2.75) is 44.9 Å². The van der Waals surface area contributed by atoms with Crippen molar-refractivity contribution < 1.29 is 9.13 Å². The van der Waals surface area contributed by atoms with Crippen molar-refractivity contribution in [2.75, 3.05) is 20.4 Å². The van der Waals surface area contributed by atoms with Crippen molar-refractivity contribution in [3.8, 4) is 0 Å². The van der Waals surface area contributed by atoms with Crippen LogP contribution in [0.5, 0.6) is 0 Å². The Morgan fingerprint density at radius 1 is 1.26 bits per heavy atom. The Balaban J connectivity index is 1.75. The van der Waals surface area contributed by atoms with Crippen LogP contribution in [0.1, 0.15) is 44.9 Å². The molecule has 1 atom stereocenters. The molecule has 1 nitrogen and oxygen atoms in total. The van der Waals surface area contributed by atoms with E-state index in [9.17, 15) is 4.39 Å². The maximum Gasteiger partial charge on any atom is 0.0894 e. The van der Waals surface area contributed by atoms with Crippen molar-refractivity contribution in [1.82, 2.24) is 0 Å². The van der Waals surface area contributed by atoms with Crippen molar-refractivity contribution in [2.24, 2.45) is 17.8 Å². The molecule has 0 saturated heterocycles. The van der Waals surface area contributed by atoms with Crippen LogP contribution in [-0.2, 0) is 4.74 Å². The van der Waals surface area contributed by atoms with E-state index >= 15 is 0 Å². The van der Waals surface area contributed by atoms with Gasteiger partial charge in [0.1, 0.15) is 0 Å². The molecule has 2 aliphatic carbocycles. The smallest absolute Gasteiger partial charge is 0.0894 e. The molecule has 1 unspecified atom stereocenters. The van der Waals surface area contributed by atoms with Crippen LogP contribution in [0.25, 0.3) is 0 Å². The van der Waals surface area contributed by atoms with Gasteiger partial charge in [-0.25, -0.2) is 0 Å². The highest BCUT2D eigenvalue weighted by Gasteiger charge is 2.23. The van der Waals surface area contributed by atoms with Crippen LogP contribution in [-0.4, -0.2) is 20.4 Å². The molecule has 0 radical (unpaired) electrons. The Bertz CT molecular complexity index is 313. The summed E-state index contributed by atoms with van der Waals surface area (Å²) in [5, 5.41) is 0. The van der Waals surface area contributed by atoms with E-state index in [2.05, 4.69) is 18.2 Å². The van der Waals surface area contributed by atoms with E-state index in [0.717, 1.165) is 37.7 Å². The Kier molecular flexibility index (Phi) is 6.09. The molecule has 0 aromatic carbocycles. The number of hydrogen-bond donors (Lipinski definition) is 0. The lowest BCUT2D eigenvalue weighted by molar-refractivity contribution is 0.170. The maximum absolute atomic E-state index is 12.2. The quantitative estimate of drug-likeness (QED) is 0.677. The van der Waals surface area contributed by atoms with E-state index in [0.29, 0.717) is 5.92 Å². The molecule has 0 bridgehead atoms. The number of halogens is 1. The topological polar surface area (TPSA) is 9.23 Å². The van der Waals surface area contributed by atoms with E-state index in [1.54, 1.807) is 7.11 Å². The molecule has 0 amide bonds. The highest BCUT2D eigenvalue weighted by atomic mass is 19.1. The molecular weight excluding hydrogens is 239 g/mol. The monoisotopic (exact) mass is 266 g/mol. The first-order valence-corrected chi connectivity index (χ1v) is 7.76. The molecule has 0 N–H and O–H groups in total. The minimum absolute atomic E-state index is 0.144. The van der Waals surface area contributed by atoms with Gasteiger partial charge in [-0.2, -0.15) is 0 Å². The molecular formula is C17H27FO. The summed E-state index contributed by atoms with van der Waals surface area (Å²) in [6, 6.07) is 0. The van der Waals surface area contributed by atoms with Gasteiger partial charge in [0.05, 0.1) is 13.3 Å². The largest absolute Gasteiger partial charge is 0.384 e. The maximum atomic E-state index is 12.2. The van der Waals surface area contributed by atoms with Gasteiger partial charge in [0.15, 0.2) is 0 Å². The Morgan fingerprint density at radius 3 is 2.63 bits per heavy atom. The van der Waals surface area contributed by atoms with Crippen LogP contribution in [0, 0.1) is 17.8 Å². The van der Waals surface area contributed by atoms with Crippen LogP contribution >= 0.6 is 0 Å². The summed E-state index contributed by atoms with van der Waals surface area (Å²) < 4.78 is 17.4. The van der Waals surface area contributed by atoms with Gasteiger partial charge in [0.2, 0.25) is 0 Å². The first kappa shape index (κ1) is 14.8. The fourth-order valence-electron chi connectivity index (χ4n) is 3.47. The minimum atomic E-state index is -0.144. The lowest BCUT2D eigenvalue weighted by atomic mass is 9.75. The lowest BCUT2D eigenvalue weighted by Crippen LogP contribution is -2.17. The van der Waals surface area contributed by atoms with E-state index < -0.39 is 0 Å². The Labute approximate surface area is 116 Å². The molecule has 0 aliphatic heterocycles. The summed E-state index contributed by atoms with van der Waals surface area (Å²) >= 11 is 0. The van der Waals surface area contributed by atoms with Gasteiger partial charge in [-0.15, -0.1) is 0 Å². The lowest BCUT2D eigenvalue weighted by Gasteiger charge is -2.30. The first-order chi connectivity index (χ1) is 9.33. The average Bonchev–Trinajstić information content (AvgIpc) is 2.47. The fraction of sp³-hybridized carbons (Fsp3) is 0.765. The molecule has 1 saturated carbocycles. The average molecular weight is 266 g/mol. The SMILES string of the molecule is COCC1C=CC(C2CCC(CCCF)CC2)=CC1. The second-order valence-electron chi connectivity index (χ2n) is 6.06. The van der Waals surface area contributed by atoms with Gasteiger partial charge in [0, 0.05) is 13.0 Å². The van der Waals surface area contributed by atoms with Crippen LogP contribution in [0.3, 0.4) is 0 Å². The summed E-state index contributed by atoms with van der Waals surface area (Å²) in [5.41, 5.74) is 1.54. The summed E-state index contributed by atoms with van der Waals surface area (Å²) in [6.45, 7) is 0.685. The number of methoxy groups -OCH3 is 1. The molecule has 2 heteroatoms. The predicted octanol–water partition coefficient (Wildman–Crippen LogP) is 4.69. The van der Waals surface area contributed by atoms with Crippen molar-refractivity contribution in [3.05, 3.63) is 23.8 Å². The van der Waals surface area contributed by atoms with Gasteiger partial charge in [-0.1, -0.05) is 18.2 Å². The van der Waals surface area contributed by atoms with E-state index in [1.807, 2.05) is 0 Å². The normalized spacial score (nSPS) is 31.3. The Hall–Kier alpha value is -0.630. The van der Waals surface area contributed by atoms with Gasteiger partial charge in [0.25, 0.3) is 0 Å². The van der Waals surface area contributed by atoms with E-state index in [-0.39, 0.29) is 6.67 Å². The summed E-state index contributed by atoms with van der Waals surface area (Å²) in [6.07, 6.45) is 15.2. The highest BCUT2D eigenvalue weighted by molar-refractivity contribution is 5.26. The molecule has 2 rings (SSSR count). The number of ether oxygens (including phenoxy) is 1. The fourth-order valence-corrected chi connectivity index (χ4v) is 3.47. The van der Waals surface area contributed by atoms with E-state index in [1.165, 1.54) is 31.3 Å². The van der Waals surface area contributed by atoms with E-state index in [4.69, 9.17) is 4.74 Å². The van der Waals surface area contributed by atoms with Gasteiger partial charge < -0.3 is 4.74 Å². The highest BCUT2D eigenvalue weighted by Crippen LogP contribution is 2.37. The summed E-state index contributed by atoms with van der Waals surface area (Å²) in [7, 11) is 1.77. The van der Waals surface area contributed by atoms with Crippen molar-refractivity contribution in [3.63, 3.8) is 0 Å². The predicted molar refractivity (Wildman–Crippen MR) is 77.9 cm³/mol. The third kappa shape index (κ3) is 4.45. The molecule has 108 valence electrons. The number of rotatable bonds is 6. The number of hydrogen-bond acceptors (Lipinski definition) is 1. The number of allylic oxidation sites excluding steroid dienone is 3. The zero-order valence-corrected chi connectivity index (χ0v) is 12.1. The van der Waals surface area contributed by atoms with Gasteiger partial charge >= 0.3 is 0 Å². The van der Waals surface area contributed by atoms with Gasteiger partial charge in [-0.3, -0.25) is 4.39 Å². The molecule has 1 fully saturated rings. The second-order valence-corrected chi connectivity index (χ2v) is 6.06. The van der Waals surface area contributed by atoms with Crippen molar-refractivity contribution in [1.29, 1.82) is 0 Å². The third-order valence-corrected chi connectivity index (χ3v) is 4.66. The molecule has 0 aromatic heterocycles. The van der Waals surface area contributed by atoms with Crippen LogP contribution in [0.2, 0.25) is 0 Å². The molecule has 0 spiro atoms. The third-order valence-electron chi connectivity index (χ3n) is 4.66. The number of alkyl halides is 1. The molecule has 0 heterocycles. The summed E-state index contributed by atoms with van der Waals surface area (Å²) in [5.74, 6) is 2.09. The van der Waals surface area contributed by atoms with Gasteiger partial charge in [-0.05, 0) is 62.4 Å². The standard InChI is InChI=1S/C17H27FO/c1-19-13-15-6-10-17(11-7-15)16-8-4-14(5-9-16)3-2-12-18/h6,10-11,14-16H,2-5,7-9,12-13H2,1H3. The minimum Gasteiger partial charge on any atom is -0.384 e. The van der Waals surface area contributed by atoms with Crippen LogP contribution in [0.15, 0.2) is 23.8 Å². The van der Waals surface area contributed by atoms with Crippen LogP contribution < -0.4 is 0 Å². The molecule has 19 heavy (non-hydrogen) atoms. The zero-order valence-electron chi connectivity index (χ0n) is 12.1. The summed E-state index contributed by atoms with van der Waals surface area (Å²) in [4.78, 5) is 0. The first-order valence-electron chi connectivity index (χ1n) is 7.76.